The number of benzene rings is 2. The summed E-state index contributed by atoms with van der Waals surface area (Å²) in [5.74, 6) is -0.0468. The van der Waals surface area contributed by atoms with Gasteiger partial charge in [-0.05, 0) is 45.0 Å². The van der Waals surface area contributed by atoms with Gasteiger partial charge in [0, 0.05) is 11.6 Å². The van der Waals surface area contributed by atoms with Crippen molar-refractivity contribution in [2.75, 3.05) is 29.2 Å². The zero-order chi connectivity index (χ0) is 22.8. The second-order valence-corrected chi connectivity index (χ2v) is 10.0. The third kappa shape index (κ3) is 5.66. The molecule has 10 heteroatoms. The molecule has 3 rings (SSSR count). The number of carbonyl (C=O) groups is 2. The molecule has 0 radical (unpaired) electrons. The molecule has 166 valence electrons. The van der Waals surface area contributed by atoms with Crippen LogP contribution in [-0.4, -0.2) is 45.4 Å². The molecule has 2 aromatic carbocycles. The number of hydrogen-bond acceptors (Lipinski definition) is 6. The minimum absolute atomic E-state index is 0.0472. The molecule has 9 nitrogen and oxygen atoms in total. The Morgan fingerprint density at radius 2 is 1.74 bits per heavy atom. The summed E-state index contributed by atoms with van der Waals surface area (Å²) in [5.41, 5.74) is 0.370. The lowest BCUT2D eigenvalue weighted by Crippen LogP contribution is -2.41. The van der Waals surface area contributed by atoms with Crippen LogP contribution in [0.15, 0.2) is 42.5 Å². The maximum absolute atomic E-state index is 12.7. The maximum atomic E-state index is 12.7. The molecule has 0 saturated carbocycles. The van der Waals surface area contributed by atoms with Gasteiger partial charge in [0.1, 0.15) is 6.54 Å². The molecule has 0 fully saturated rings. The largest absolute Gasteiger partial charge is 0.454 e. The number of carbonyl (C=O) groups excluding carboxylic acids is 2. The first-order valence-corrected chi connectivity index (χ1v) is 11.4. The first kappa shape index (κ1) is 22.4. The van der Waals surface area contributed by atoms with Crippen molar-refractivity contribution in [2.24, 2.45) is 0 Å². The molecule has 1 heterocycles. The SMILES string of the molecule is CC(C)(C)NC(=O)c1ccccc1NC(=O)CN(c1ccc2c(c1)OCO2)S(C)(=O)=O. The van der Waals surface area contributed by atoms with Gasteiger partial charge in [-0.2, -0.15) is 0 Å². The van der Waals surface area contributed by atoms with Gasteiger partial charge in [-0.3, -0.25) is 13.9 Å². The van der Waals surface area contributed by atoms with Crippen LogP contribution in [0.1, 0.15) is 31.1 Å². The van der Waals surface area contributed by atoms with Crippen LogP contribution in [0.4, 0.5) is 11.4 Å². The van der Waals surface area contributed by atoms with E-state index in [0.717, 1.165) is 10.6 Å². The lowest BCUT2D eigenvalue weighted by atomic mass is 10.1. The number of nitrogens with one attached hydrogen (secondary N) is 2. The highest BCUT2D eigenvalue weighted by molar-refractivity contribution is 7.92. The quantitative estimate of drug-likeness (QED) is 0.703. The Hall–Kier alpha value is -3.27. The van der Waals surface area contributed by atoms with Crippen molar-refractivity contribution >= 4 is 33.2 Å². The summed E-state index contributed by atoms with van der Waals surface area (Å²) >= 11 is 0. The second-order valence-electron chi connectivity index (χ2n) is 8.11. The summed E-state index contributed by atoms with van der Waals surface area (Å²) in [7, 11) is -3.78. The van der Waals surface area contributed by atoms with Crippen LogP contribution < -0.4 is 24.4 Å². The van der Waals surface area contributed by atoms with E-state index >= 15 is 0 Å². The zero-order valence-corrected chi connectivity index (χ0v) is 18.6. The zero-order valence-electron chi connectivity index (χ0n) is 17.8. The summed E-state index contributed by atoms with van der Waals surface area (Å²) in [5, 5.41) is 5.48. The van der Waals surface area contributed by atoms with Gasteiger partial charge in [0.05, 0.1) is 23.2 Å². The van der Waals surface area contributed by atoms with Gasteiger partial charge in [-0.15, -0.1) is 0 Å². The van der Waals surface area contributed by atoms with Crippen molar-refractivity contribution in [1.82, 2.24) is 5.32 Å². The van der Waals surface area contributed by atoms with E-state index < -0.39 is 28.0 Å². The highest BCUT2D eigenvalue weighted by Gasteiger charge is 2.25. The Kier molecular flexibility index (Phi) is 6.12. The smallest absolute Gasteiger partial charge is 0.253 e. The highest BCUT2D eigenvalue weighted by Crippen LogP contribution is 2.36. The molecule has 0 aromatic heterocycles. The molecular formula is C21H25N3O6S. The number of rotatable bonds is 6. The average Bonchev–Trinajstić information content (AvgIpc) is 3.12. The van der Waals surface area contributed by atoms with E-state index in [2.05, 4.69) is 10.6 Å². The van der Waals surface area contributed by atoms with Gasteiger partial charge in [-0.1, -0.05) is 12.1 Å². The van der Waals surface area contributed by atoms with Crippen molar-refractivity contribution in [3.05, 3.63) is 48.0 Å². The molecule has 0 unspecified atom stereocenters. The van der Waals surface area contributed by atoms with Crippen LogP contribution in [0.3, 0.4) is 0 Å². The number of sulfonamides is 1. The molecular weight excluding hydrogens is 422 g/mol. The van der Waals surface area contributed by atoms with Gasteiger partial charge in [0.25, 0.3) is 5.91 Å². The van der Waals surface area contributed by atoms with Gasteiger partial charge >= 0.3 is 0 Å². The van der Waals surface area contributed by atoms with Crippen molar-refractivity contribution in [2.45, 2.75) is 26.3 Å². The number of para-hydroxylation sites is 1. The predicted octanol–water partition coefficient (Wildman–Crippen LogP) is 2.35. The van der Waals surface area contributed by atoms with Gasteiger partial charge in [0.2, 0.25) is 22.7 Å². The van der Waals surface area contributed by atoms with Crippen LogP contribution in [0.5, 0.6) is 11.5 Å². The fourth-order valence-electron chi connectivity index (χ4n) is 2.96. The molecule has 0 bridgehead atoms. The van der Waals surface area contributed by atoms with Gasteiger partial charge in [0.15, 0.2) is 11.5 Å². The highest BCUT2D eigenvalue weighted by atomic mass is 32.2. The van der Waals surface area contributed by atoms with Crippen LogP contribution in [-0.2, 0) is 14.8 Å². The number of anilines is 2. The molecule has 0 saturated heterocycles. The Labute approximate surface area is 181 Å². The average molecular weight is 448 g/mol. The number of fused-ring (bicyclic) bond motifs is 1. The molecule has 31 heavy (non-hydrogen) atoms. The van der Waals surface area contributed by atoms with E-state index in [1.807, 2.05) is 20.8 Å². The monoisotopic (exact) mass is 447 g/mol. The Bertz CT molecular complexity index is 1110. The lowest BCUT2D eigenvalue weighted by Gasteiger charge is -2.23. The lowest BCUT2D eigenvalue weighted by molar-refractivity contribution is -0.114. The van der Waals surface area contributed by atoms with E-state index in [1.165, 1.54) is 12.1 Å². The first-order chi connectivity index (χ1) is 14.4. The van der Waals surface area contributed by atoms with Crippen LogP contribution in [0.2, 0.25) is 0 Å². The molecule has 2 amide bonds. The van der Waals surface area contributed by atoms with E-state index in [4.69, 9.17) is 9.47 Å². The minimum Gasteiger partial charge on any atom is -0.454 e. The molecule has 1 aliphatic rings. The Morgan fingerprint density at radius 1 is 1.06 bits per heavy atom. The van der Waals surface area contributed by atoms with Crippen molar-refractivity contribution in [3.8, 4) is 11.5 Å². The summed E-state index contributed by atoms with van der Waals surface area (Å²) in [6, 6.07) is 11.1. The maximum Gasteiger partial charge on any atom is 0.253 e. The van der Waals surface area contributed by atoms with Crippen molar-refractivity contribution in [1.29, 1.82) is 0 Å². The van der Waals surface area contributed by atoms with Crippen LogP contribution in [0.25, 0.3) is 0 Å². The molecule has 0 spiro atoms. The molecule has 0 atom stereocenters. The summed E-state index contributed by atoms with van der Waals surface area (Å²) in [6.07, 6.45) is 1.01. The molecule has 1 aliphatic heterocycles. The summed E-state index contributed by atoms with van der Waals surface area (Å²) in [6.45, 7) is 5.11. The van der Waals surface area contributed by atoms with Gasteiger partial charge < -0.3 is 20.1 Å². The number of nitrogens with zero attached hydrogens (tertiary/aromatic N) is 1. The Balaban J connectivity index is 1.81. The second kappa shape index (κ2) is 8.46. The first-order valence-electron chi connectivity index (χ1n) is 9.53. The molecule has 0 aliphatic carbocycles. The van der Waals surface area contributed by atoms with Crippen molar-refractivity contribution < 1.29 is 27.5 Å². The number of ether oxygens (including phenoxy) is 2. The standard InChI is InChI=1S/C21H25N3O6S/c1-21(2,3)23-20(26)15-7-5-6-8-16(15)22-19(25)12-24(31(4,27)28)14-9-10-17-18(11-14)30-13-29-17/h5-11H,12-13H2,1-4H3,(H,22,25)(H,23,26). The van der Waals surface area contributed by atoms with Crippen LogP contribution in [0, 0.1) is 0 Å². The summed E-state index contributed by atoms with van der Waals surface area (Å²) < 4.78 is 36.2. The Morgan fingerprint density at radius 3 is 2.42 bits per heavy atom. The van der Waals surface area contributed by atoms with E-state index in [0.29, 0.717) is 11.5 Å². The number of amides is 2. The van der Waals surface area contributed by atoms with E-state index in [-0.39, 0.29) is 29.6 Å². The topological polar surface area (TPSA) is 114 Å². The third-order valence-corrected chi connectivity index (χ3v) is 5.41. The molecule has 2 N–H and O–H groups in total. The number of hydrogen-bond donors (Lipinski definition) is 2. The normalized spacial score (nSPS) is 12.9. The fourth-order valence-corrected chi connectivity index (χ4v) is 3.81. The van der Waals surface area contributed by atoms with Crippen LogP contribution >= 0.6 is 0 Å². The third-order valence-electron chi connectivity index (χ3n) is 4.27. The predicted molar refractivity (Wildman–Crippen MR) is 117 cm³/mol. The van der Waals surface area contributed by atoms with Gasteiger partial charge in [-0.25, -0.2) is 8.42 Å². The van der Waals surface area contributed by atoms with Crippen molar-refractivity contribution in [3.63, 3.8) is 0 Å². The summed E-state index contributed by atoms with van der Waals surface area (Å²) in [4.78, 5) is 25.3. The molecule has 2 aromatic rings. The van der Waals surface area contributed by atoms with E-state index in [9.17, 15) is 18.0 Å². The minimum atomic E-state index is -3.78. The fraction of sp³-hybridized carbons (Fsp3) is 0.333. The van der Waals surface area contributed by atoms with E-state index in [1.54, 1.807) is 30.3 Å².